The van der Waals surface area contributed by atoms with Gasteiger partial charge in [-0.25, -0.2) is 0 Å². The van der Waals surface area contributed by atoms with Gasteiger partial charge in [-0.1, -0.05) is 12.1 Å². The Morgan fingerprint density at radius 2 is 2.18 bits per heavy atom. The lowest BCUT2D eigenvalue weighted by molar-refractivity contribution is -0.120. The number of aliphatic hydroxyl groups excluding tert-OH is 1. The zero-order valence-electron chi connectivity index (χ0n) is 13.3. The van der Waals surface area contributed by atoms with E-state index >= 15 is 0 Å². The quantitative estimate of drug-likeness (QED) is 0.822. The third kappa shape index (κ3) is 3.87. The van der Waals surface area contributed by atoms with Gasteiger partial charge in [0, 0.05) is 24.6 Å². The number of nitrogens with one attached hydrogen (secondary N) is 1. The smallest absolute Gasteiger partial charge is 0.224 e. The molecule has 2 aromatic rings. The van der Waals surface area contributed by atoms with Gasteiger partial charge in [0.25, 0.3) is 0 Å². The highest BCUT2D eigenvalue weighted by Crippen LogP contribution is 2.26. The lowest BCUT2D eigenvalue weighted by Crippen LogP contribution is -2.29. The van der Waals surface area contributed by atoms with Gasteiger partial charge in [-0.05, 0) is 31.4 Å². The highest BCUT2D eigenvalue weighted by molar-refractivity contribution is 5.89. The minimum Gasteiger partial charge on any atom is -0.464 e. The van der Waals surface area contributed by atoms with E-state index in [1.807, 2.05) is 26.0 Å². The van der Waals surface area contributed by atoms with Crippen LogP contribution in [0.15, 0.2) is 22.8 Å². The van der Waals surface area contributed by atoms with Crippen molar-refractivity contribution in [3.05, 3.63) is 35.1 Å². The van der Waals surface area contributed by atoms with Crippen LogP contribution in [0.4, 0.5) is 0 Å². The van der Waals surface area contributed by atoms with Crippen LogP contribution in [-0.2, 0) is 16.0 Å². The topological polar surface area (TPSA) is 71.7 Å². The van der Waals surface area contributed by atoms with E-state index in [9.17, 15) is 9.90 Å². The molecule has 1 amide bonds. The first kappa shape index (κ1) is 16.5. The van der Waals surface area contributed by atoms with Crippen molar-refractivity contribution in [1.82, 2.24) is 5.32 Å². The Balaban J connectivity index is 1.94. The van der Waals surface area contributed by atoms with Crippen LogP contribution in [-0.4, -0.2) is 37.4 Å². The van der Waals surface area contributed by atoms with Gasteiger partial charge in [0.05, 0.1) is 25.4 Å². The molecule has 1 aromatic carbocycles. The molecule has 22 heavy (non-hydrogen) atoms. The number of fused-ring (bicyclic) bond motifs is 1. The third-order valence-electron chi connectivity index (χ3n) is 3.85. The predicted octanol–water partition coefficient (Wildman–Crippen LogP) is 2.11. The third-order valence-corrected chi connectivity index (χ3v) is 3.85. The molecule has 0 spiro atoms. The summed E-state index contributed by atoms with van der Waals surface area (Å²) in [6.45, 7) is 4.76. The van der Waals surface area contributed by atoms with E-state index in [2.05, 4.69) is 5.32 Å². The Morgan fingerprint density at radius 1 is 1.41 bits per heavy atom. The lowest BCUT2D eigenvalue weighted by Gasteiger charge is -2.09. The van der Waals surface area contributed by atoms with E-state index < -0.39 is 6.10 Å². The van der Waals surface area contributed by atoms with Gasteiger partial charge in [0.15, 0.2) is 0 Å². The molecular formula is C17H23NO4. The predicted molar refractivity (Wildman–Crippen MR) is 84.9 cm³/mol. The van der Waals surface area contributed by atoms with Gasteiger partial charge in [-0.3, -0.25) is 4.79 Å². The van der Waals surface area contributed by atoms with Crippen LogP contribution in [0.1, 0.15) is 23.1 Å². The molecule has 0 aliphatic carbocycles. The van der Waals surface area contributed by atoms with Crippen LogP contribution in [0.5, 0.6) is 0 Å². The molecule has 1 aromatic heterocycles. The van der Waals surface area contributed by atoms with Crippen molar-refractivity contribution in [3.63, 3.8) is 0 Å². The molecule has 0 radical (unpaired) electrons. The molecule has 2 rings (SSSR count). The van der Waals surface area contributed by atoms with Crippen molar-refractivity contribution in [1.29, 1.82) is 0 Å². The standard InChI is InChI=1S/C17H23NO4/c1-11-4-5-15-13(9-22-17(15)12(11)2)8-16(20)18-7-6-14(19)10-21-3/h4-5,9,14,19H,6-8,10H2,1-3H3,(H,18,20). The summed E-state index contributed by atoms with van der Waals surface area (Å²) in [5, 5.41) is 13.3. The van der Waals surface area contributed by atoms with Gasteiger partial charge in [-0.15, -0.1) is 0 Å². The Labute approximate surface area is 130 Å². The Bertz CT molecular complexity index is 647. The monoisotopic (exact) mass is 305 g/mol. The average molecular weight is 305 g/mol. The number of hydrogen-bond acceptors (Lipinski definition) is 4. The summed E-state index contributed by atoms with van der Waals surface area (Å²) >= 11 is 0. The van der Waals surface area contributed by atoms with E-state index in [1.54, 1.807) is 6.26 Å². The van der Waals surface area contributed by atoms with E-state index in [1.165, 1.54) is 12.7 Å². The SMILES string of the molecule is COCC(O)CCNC(=O)Cc1coc2c(C)c(C)ccc12. The maximum absolute atomic E-state index is 12.0. The van der Waals surface area contributed by atoms with Crippen LogP contribution >= 0.6 is 0 Å². The van der Waals surface area contributed by atoms with E-state index in [4.69, 9.17) is 9.15 Å². The summed E-state index contributed by atoms with van der Waals surface area (Å²) in [7, 11) is 1.54. The zero-order chi connectivity index (χ0) is 16.1. The Kier molecular flexibility index (Phi) is 5.57. The van der Waals surface area contributed by atoms with Gasteiger partial charge in [0.2, 0.25) is 5.91 Å². The zero-order valence-corrected chi connectivity index (χ0v) is 13.3. The van der Waals surface area contributed by atoms with Gasteiger partial charge < -0.3 is 19.6 Å². The molecule has 1 heterocycles. The highest BCUT2D eigenvalue weighted by Gasteiger charge is 2.13. The van der Waals surface area contributed by atoms with E-state index in [0.29, 0.717) is 13.0 Å². The molecule has 0 saturated heterocycles. The number of furan rings is 1. The molecule has 5 heteroatoms. The largest absolute Gasteiger partial charge is 0.464 e. The van der Waals surface area contributed by atoms with Crippen molar-refractivity contribution in [3.8, 4) is 0 Å². The summed E-state index contributed by atoms with van der Waals surface area (Å²) in [4.78, 5) is 12.0. The number of carbonyl (C=O) groups excluding carboxylic acids is 1. The Hall–Kier alpha value is -1.85. The first-order valence-corrected chi connectivity index (χ1v) is 7.43. The summed E-state index contributed by atoms with van der Waals surface area (Å²) < 4.78 is 10.4. The molecule has 5 nitrogen and oxygen atoms in total. The molecule has 0 aliphatic rings. The van der Waals surface area contributed by atoms with Crippen molar-refractivity contribution >= 4 is 16.9 Å². The van der Waals surface area contributed by atoms with Crippen LogP contribution in [0.2, 0.25) is 0 Å². The number of methoxy groups -OCH3 is 1. The van der Waals surface area contributed by atoms with Crippen LogP contribution in [0.25, 0.3) is 11.0 Å². The number of hydrogen-bond donors (Lipinski definition) is 2. The summed E-state index contributed by atoms with van der Waals surface area (Å²) in [6, 6.07) is 4.03. The highest BCUT2D eigenvalue weighted by atomic mass is 16.5. The van der Waals surface area contributed by atoms with Gasteiger partial charge in [-0.2, -0.15) is 0 Å². The fourth-order valence-electron chi connectivity index (χ4n) is 2.41. The fourth-order valence-corrected chi connectivity index (χ4v) is 2.41. The second-order valence-electron chi connectivity index (χ2n) is 5.57. The molecule has 1 unspecified atom stereocenters. The van der Waals surface area contributed by atoms with Crippen molar-refractivity contribution in [2.45, 2.75) is 32.8 Å². The van der Waals surface area contributed by atoms with Gasteiger partial charge >= 0.3 is 0 Å². The molecule has 0 aliphatic heterocycles. The number of ether oxygens (including phenoxy) is 1. The molecule has 2 N–H and O–H groups in total. The molecule has 0 saturated carbocycles. The average Bonchev–Trinajstić information content (AvgIpc) is 2.87. The van der Waals surface area contributed by atoms with Crippen LogP contribution in [0, 0.1) is 13.8 Å². The second-order valence-corrected chi connectivity index (χ2v) is 5.57. The van der Waals surface area contributed by atoms with Crippen molar-refractivity contribution in [2.75, 3.05) is 20.3 Å². The maximum atomic E-state index is 12.0. The van der Waals surface area contributed by atoms with E-state index in [0.717, 1.165) is 22.1 Å². The van der Waals surface area contributed by atoms with Crippen LogP contribution < -0.4 is 5.32 Å². The lowest BCUT2D eigenvalue weighted by atomic mass is 10.0. The fraction of sp³-hybridized carbons (Fsp3) is 0.471. The first-order chi connectivity index (χ1) is 10.5. The molecule has 1 atom stereocenters. The van der Waals surface area contributed by atoms with Crippen molar-refractivity contribution in [2.24, 2.45) is 0 Å². The summed E-state index contributed by atoms with van der Waals surface area (Å²) in [5.74, 6) is -0.0782. The molecule has 0 fully saturated rings. The number of benzene rings is 1. The minimum absolute atomic E-state index is 0.0782. The number of aliphatic hydroxyl groups is 1. The molecular weight excluding hydrogens is 282 g/mol. The van der Waals surface area contributed by atoms with Crippen LogP contribution in [0.3, 0.4) is 0 Å². The first-order valence-electron chi connectivity index (χ1n) is 7.43. The number of rotatable bonds is 7. The number of amides is 1. The van der Waals surface area contributed by atoms with Gasteiger partial charge in [0.1, 0.15) is 5.58 Å². The van der Waals surface area contributed by atoms with Crippen molar-refractivity contribution < 1.29 is 19.1 Å². The molecule has 0 bridgehead atoms. The normalized spacial score (nSPS) is 12.5. The summed E-state index contributed by atoms with van der Waals surface area (Å²) in [6.07, 6.45) is 1.85. The minimum atomic E-state index is -0.550. The molecule has 120 valence electrons. The Morgan fingerprint density at radius 3 is 2.91 bits per heavy atom. The van der Waals surface area contributed by atoms with E-state index in [-0.39, 0.29) is 18.9 Å². The maximum Gasteiger partial charge on any atom is 0.224 e. The second kappa shape index (κ2) is 7.42. The number of aryl methyl sites for hydroxylation is 2. The summed E-state index contributed by atoms with van der Waals surface area (Å²) in [5.41, 5.74) is 4.00. The number of carbonyl (C=O) groups is 1.